The number of rotatable bonds is 6. The number of halogens is 1. The van der Waals surface area contributed by atoms with Crippen LogP contribution < -0.4 is 4.74 Å². The van der Waals surface area contributed by atoms with E-state index in [1.165, 1.54) is 4.90 Å². The third-order valence-corrected chi connectivity index (χ3v) is 8.23. The van der Waals surface area contributed by atoms with Crippen LogP contribution in [0.25, 0.3) is 22.5 Å². The lowest BCUT2D eigenvalue weighted by Crippen LogP contribution is -2.32. The molecule has 7 heteroatoms. The molecule has 0 N–H and O–H groups in total. The molecular weight excluding hydrogens is 548 g/mol. The van der Waals surface area contributed by atoms with Gasteiger partial charge in [0.2, 0.25) is 0 Å². The molecule has 0 atom stereocenters. The largest absolute Gasteiger partial charge is 0.491 e. The number of hydrogen-bond acceptors (Lipinski definition) is 4. The maximum atomic E-state index is 13.1. The van der Waals surface area contributed by atoms with Gasteiger partial charge in [-0.05, 0) is 91.9 Å². The van der Waals surface area contributed by atoms with Gasteiger partial charge < -0.3 is 9.30 Å². The van der Waals surface area contributed by atoms with Crippen molar-refractivity contribution >= 4 is 55.7 Å². The van der Waals surface area contributed by atoms with Gasteiger partial charge in [0.15, 0.2) is 0 Å². The number of carbonyl (C=O) groups is 2. The van der Waals surface area contributed by atoms with E-state index in [1.54, 1.807) is 0 Å². The quantitative estimate of drug-likeness (QED) is 0.221. The minimum Gasteiger partial charge on any atom is -0.491 e. The average molecular weight is 576 g/mol. The Morgan fingerprint density at radius 3 is 2.49 bits per heavy atom. The highest BCUT2D eigenvalue weighted by molar-refractivity contribution is 9.10. The fourth-order valence-electron chi connectivity index (χ4n) is 4.69. The summed E-state index contributed by atoms with van der Waals surface area (Å²) < 4.78 is 9.12. The van der Waals surface area contributed by atoms with Crippen LogP contribution in [0.3, 0.4) is 0 Å². The Kier molecular flexibility index (Phi) is 7.01. The van der Waals surface area contributed by atoms with Gasteiger partial charge in [-0.25, -0.2) is 0 Å². The van der Waals surface area contributed by atoms with Crippen molar-refractivity contribution < 1.29 is 14.3 Å². The highest BCUT2D eigenvalue weighted by Gasteiger charge is 2.35. The van der Waals surface area contributed by atoms with E-state index in [9.17, 15) is 9.59 Å². The van der Waals surface area contributed by atoms with Gasteiger partial charge in [0, 0.05) is 21.2 Å². The van der Waals surface area contributed by atoms with Crippen LogP contribution >= 0.6 is 27.7 Å². The fraction of sp³-hybridized carbons (Fsp3) is 0.200. The monoisotopic (exact) mass is 574 g/mol. The van der Waals surface area contributed by atoms with Crippen LogP contribution in [0.1, 0.15) is 28.1 Å². The molecule has 1 aliphatic heterocycles. The molecule has 5 nitrogen and oxygen atoms in total. The van der Waals surface area contributed by atoms with Crippen LogP contribution in [0, 0.1) is 27.7 Å². The Morgan fingerprint density at radius 2 is 1.70 bits per heavy atom. The van der Waals surface area contributed by atoms with Crippen molar-refractivity contribution in [3.8, 4) is 11.4 Å². The van der Waals surface area contributed by atoms with Crippen LogP contribution in [-0.4, -0.2) is 33.8 Å². The number of carbonyl (C=O) groups excluding carboxylic acids is 2. The Balaban J connectivity index is 1.38. The average Bonchev–Trinajstić information content (AvgIpc) is 3.30. The lowest BCUT2D eigenvalue weighted by molar-refractivity contribution is -0.123. The summed E-state index contributed by atoms with van der Waals surface area (Å²) in [4.78, 5) is 27.5. The van der Waals surface area contributed by atoms with E-state index in [0.717, 1.165) is 66.5 Å². The van der Waals surface area contributed by atoms with Gasteiger partial charge in [-0.15, -0.1) is 0 Å². The van der Waals surface area contributed by atoms with Crippen molar-refractivity contribution in [1.82, 2.24) is 9.47 Å². The molecule has 1 fully saturated rings. The van der Waals surface area contributed by atoms with E-state index in [2.05, 4.69) is 57.8 Å². The molecule has 188 valence electrons. The van der Waals surface area contributed by atoms with Gasteiger partial charge in [-0.2, -0.15) is 0 Å². The summed E-state index contributed by atoms with van der Waals surface area (Å²) in [6.45, 7) is 8.53. The second-order valence-electron chi connectivity index (χ2n) is 9.22. The molecule has 0 bridgehead atoms. The summed E-state index contributed by atoms with van der Waals surface area (Å²) in [5, 5.41) is 2.00. The van der Waals surface area contributed by atoms with E-state index in [0.29, 0.717) is 4.91 Å². The second-order valence-corrected chi connectivity index (χ2v) is 11.1. The molecule has 4 aromatic rings. The zero-order chi connectivity index (χ0) is 26.3. The first-order chi connectivity index (χ1) is 17.7. The third kappa shape index (κ3) is 4.86. The van der Waals surface area contributed by atoms with Gasteiger partial charge in [0.05, 0.1) is 17.1 Å². The van der Waals surface area contributed by atoms with E-state index in [4.69, 9.17) is 4.74 Å². The molecule has 2 heterocycles. The SMILES string of the molecule is Cc1ccc(C)c(OCCN2C(=O)S/C(=C\c3cc(C)n(-c4ccc(Br)c5ccccc45)c3C)C2=O)c1. The molecule has 2 amide bonds. The molecule has 0 unspecified atom stereocenters. The predicted molar refractivity (Wildman–Crippen MR) is 155 cm³/mol. The van der Waals surface area contributed by atoms with Crippen LogP contribution in [-0.2, 0) is 4.79 Å². The summed E-state index contributed by atoms with van der Waals surface area (Å²) in [5.74, 6) is 0.494. The fourth-order valence-corrected chi connectivity index (χ4v) is 6.02. The summed E-state index contributed by atoms with van der Waals surface area (Å²) in [7, 11) is 0. The van der Waals surface area contributed by atoms with Crippen molar-refractivity contribution in [3.05, 3.63) is 98.1 Å². The molecule has 37 heavy (non-hydrogen) atoms. The Labute approximate surface area is 229 Å². The number of amides is 2. The molecule has 3 aromatic carbocycles. The molecule has 1 saturated heterocycles. The standard InChI is InChI=1S/C30H27BrN2O3S/c1-18-9-10-19(2)27(15-18)36-14-13-32-29(34)28(37-30(32)35)17-22-16-20(3)33(21(22)4)26-12-11-25(31)23-7-5-6-8-24(23)26/h5-12,15-17H,13-14H2,1-4H3/b28-17-. The maximum Gasteiger partial charge on any atom is 0.293 e. The first kappa shape index (κ1) is 25.4. The lowest BCUT2D eigenvalue weighted by atomic mass is 10.1. The summed E-state index contributed by atoms with van der Waals surface area (Å²) in [6, 6.07) is 20.5. The van der Waals surface area contributed by atoms with E-state index < -0.39 is 0 Å². The molecule has 1 aliphatic rings. The molecule has 0 aliphatic carbocycles. The summed E-state index contributed by atoms with van der Waals surface area (Å²) >= 11 is 4.64. The summed E-state index contributed by atoms with van der Waals surface area (Å²) in [5.41, 5.74) is 6.18. The Hall–Kier alpha value is -3.29. The van der Waals surface area contributed by atoms with Crippen LogP contribution in [0.4, 0.5) is 4.79 Å². The number of aromatic nitrogens is 1. The minimum absolute atomic E-state index is 0.208. The van der Waals surface area contributed by atoms with Gasteiger partial charge in [-0.1, -0.05) is 52.3 Å². The Morgan fingerprint density at radius 1 is 0.946 bits per heavy atom. The third-order valence-electron chi connectivity index (χ3n) is 6.64. The molecule has 1 aromatic heterocycles. The first-order valence-corrected chi connectivity index (χ1v) is 13.7. The van der Waals surface area contributed by atoms with Crippen molar-refractivity contribution in [2.75, 3.05) is 13.2 Å². The maximum absolute atomic E-state index is 13.1. The molecule has 0 radical (unpaired) electrons. The molecule has 0 saturated carbocycles. The predicted octanol–water partition coefficient (Wildman–Crippen LogP) is 7.74. The summed E-state index contributed by atoms with van der Waals surface area (Å²) in [6.07, 6.45) is 1.83. The van der Waals surface area contributed by atoms with Gasteiger partial charge >= 0.3 is 0 Å². The van der Waals surface area contributed by atoms with Gasteiger partial charge in [0.25, 0.3) is 11.1 Å². The molecule has 0 spiro atoms. The molecule has 5 rings (SSSR count). The normalized spacial score (nSPS) is 14.8. The highest BCUT2D eigenvalue weighted by atomic mass is 79.9. The van der Waals surface area contributed by atoms with E-state index >= 15 is 0 Å². The second kappa shape index (κ2) is 10.2. The van der Waals surface area contributed by atoms with Crippen molar-refractivity contribution in [1.29, 1.82) is 0 Å². The van der Waals surface area contributed by atoms with Gasteiger partial charge in [-0.3, -0.25) is 14.5 Å². The number of nitrogens with zero attached hydrogens (tertiary/aromatic N) is 2. The van der Waals surface area contributed by atoms with Crippen molar-refractivity contribution in [3.63, 3.8) is 0 Å². The van der Waals surface area contributed by atoms with E-state index in [-0.39, 0.29) is 24.3 Å². The first-order valence-electron chi connectivity index (χ1n) is 12.1. The van der Waals surface area contributed by atoms with Crippen molar-refractivity contribution in [2.45, 2.75) is 27.7 Å². The number of imide groups is 1. The number of fused-ring (bicyclic) bond motifs is 1. The Bertz CT molecular complexity index is 1590. The highest BCUT2D eigenvalue weighted by Crippen LogP contribution is 2.35. The lowest BCUT2D eigenvalue weighted by Gasteiger charge is -2.15. The van der Waals surface area contributed by atoms with Crippen LogP contribution in [0.5, 0.6) is 5.75 Å². The minimum atomic E-state index is -0.279. The number of benzene rings is 3. The number of thioether (sulfide) groups is 1. The zero-order valence-corrected chi connectivity index (χ0v) is 23.6. The van der Waals surface area contributed by atoms with Crippen LogP contribution in [0.15, 0.2) is 70.0 Å². The molecular formula is C30H27BrN2O3S. The number of hydrogen-bond donors (Lipinski definition) is 0. The van der Waals surface area contributed by atoms with E-state index in [1.807, 2.05) is 57.2 Å². The smallest absolute Gasteiger partial charge is 0.293 e. The topological polar surface area (TPSA) is 51.5 Å². The number of aryl methyl sites for hydroxylation is 3. The zero-order valence-electron chi connectivity index (χ0n) is 21.2. The van der Waals surface area contributed by atoms with Crippen LogP contribution in [0.2, 0.25) is 0 Å². The number of ether oxygens (including phenoxy) is 1. The van der Waals surface area contributed by atoms with Crippen molar-refractivity contribution in [2.24, 2.45) is 0 Å². The van der Waals surface area contributed by atoms with Gasteiger partial charge in [0.1, 0.15) is 12.4 Å².